The summed E-state index contributed by atoms with van der Waals surface area (Å²) < 4.78 is 12.1. The lowest BCUT2D eigenvalue weighted by Crippen LogP contribution is -2.30. The van der Waals surface area contributed by atoms with Gasteiger partial charge in [-0.25, -0.2) is 4.39 Å². The molecule has 14 heavy (non-hydrogen) atoms. The monoisotopic (exact) mass is 204 g/mol. The van der Waals surface area contributed by atoms with Crippen LogP contribution in [0.4, 0.5) is 4.39 Å². The van der Waals surface area contributed by atoms with E-state index in [9.17, 15) is 9.18 Å². The lowest BCUT2D eigenvalue weighted by Gasteiger charge is -2.14. The van der Waals surface area contributed by atoms with Crippen molar-refractivity contribution in [1.29, 1.82) is 0 Å². The molecular weight excluding hydrogens is 187 g/mol. The Morgan fingerprint density at radius 3 is 2.36 bits per heavy atom. The molecule has 2 rings (SSSR count). The molecule has 2 fully saturated rings. The number of hydrogen-bond acceptors (Lipinski definition) is 3. The van der Waals surface area contributed by atoms with Crippen LogP contribution in [0.2, 0.25) is 0 Å². The maximum Gasteiger partial charge on any atom is 0.248 e. The smallest absolute Gasteiger partial charge is 0.248 e. The molecule has 3 N–H and O–H groups in total. The summed E-state index contributed by atoms with van der Waals surface area (Å²) in [6.45, 7) is 2.19. The van der Waals surface area contributed by atoms with E-state index < -0.39 is 12.3 Å². The van der Waals surface area contributed by atoms with Crippen LogP contribution in [0.3, 0.4) is 0 Å². The number of alkyl halides is 1. The number of aliphatic hydroxyl groups is 1. The zero-order valence-electron chi connectivity index (χ0n) is 8.13. The lowest BCUT2D eigenvalue weighted by atomic mass is 10.1. The van der Waals surface area contributed by atoms with Gasteiger partial charge < -0.3 is 15.7 Å². The maximum absolute atomic E-state index is 12.1. The van der Waals surface area contributed by atoms with Crippen molar-refractivity contribution in [3.05, 3.63) is 0 Å². The number of amides is 1. The third-order valence-electron chi connectivity index (χ3n) is 2.26. The summed E-state index contributed by atoms with van der Waals surface area (Å²) in [7, 11) is 0. The Bertz CT molecular complexity index is 184. The minimum atomic E-state index is -0.736. The lowest BCUT2D eigenvalue weighted by molar-refractivity contribution is -0.126. The number of rotatable bonds is 0. The fraction of sp³-hybridized carbons (Fsp3) is 0.889. The van der Waals surface area contributed by atoms with E-state index in [1.54, 1.807) is 0 Å². The van der Waals surface area contributed by atoms with Crippen LogP contribution >= 0.6 is 0 Å². The molecule has 82 valence electrons. The van der Waals surface area contributed by atoms with Gasteiger partial charge in [-0.15, -0.1) is 0 Å². The summed E-state index contributed by atoms with van der Waals surface area (Å²) in [5, 5.41) is 14.0. The maximum atomic E-state index is 12.1. The zero-order valence-corrected chi connectivity index (χ0v) is 8.13. The van der Waals surface area contributed by atoms with Crippen LogP contribution in [0.5, 0.6) is 0 Å². The van der Waals surface area contributed by atoms with Crippen molar-refractivity contribution in [3.63, 3.8) is 0 Å². The Kier molecular flexibility index (Phi) is 4.82. The number of piperidine rings is 1. The van der Waals surface area contributed by atoms with E-state index in [1.807, 2.05) is 0 Å². The van der Waals surface area contributed by atoms with Gasteiger partial charge in [-0.3, -0.25) is 4.79 Å². The van der Waals surface area contributed by atoms with Crippen molar-refractivity contribution < 1.29 is 14.3 Å². The quantitative estimate of drug-likeness (QED) is 0.502. The minimum Gasteiger partial charge on any atom is -0.383 e. The first-order chi connectivity index (χ1) is 6.70. The molecule has 2 saturated heterocycles. The molecular formula is C9H17FN2O2. The summed E-state index contributed by atoms with van der Waals surface area (Å²) in [5.41, 5.74) is 0. The highest BCUT2D eigenvalue weighted by molar-refractivity contribution is 5.82. The van der Waals surface area contributed by atoms with Gasteiger partial charge in [0.25, 0.3) is 0 Å². The van der Waals surface area contributed by atoms with Gasteiger partial charge >= 0.3 is 0 Å². The van der Waals surface area contributed by atoms with Gasteiger partial charge in [0.05, 0.1) is 0 Å². The Balaban J connectivity index is 0.000000140. The molecule has 0 spiro atoms. The molecule has 0 aliphatic carbocycles. The fourth-order valence-electron chi connectivity index (χ4n) is 1.39. The largest absolute Gasteiger partial charge is 0.383 e. The Labute approximate surface area is 82.9 Å². The SMILES string of the molecule is FC1CCCNC1.O=C1NCCC1O. The van der Waals surface area contributed by atoms with Gasteiger partial charge in [0, 0.05) is 13.1 Å². The third kappa shape index (κ3) is 4.02. The van der Waals surface area contributed by atoms with Crippen molar-refractivity contribution in [2.24, 2.45) is 0 Å². The molecule has 5 heteroatoms. The van der Waals surface area contributed by atoms with E-state index in [-0.39, 0.29) is 5.91 Å². The molecule has 2 aliphatic rings. The van der Waals surface area contributed by atoms with Crippen LogP contribution in [-0.2, 0) is 4.79 Å². The molecule has 2 unspecified atom stereocenters. The Hall–Kier alpha value is -0.680. The number of halogens is 1. The van der Waals surface area contributed by atoms with Crippen LogP contribution in [0, 0.1) is 0 Å². The van der Waals surface area contributed by atoms with Crippen LogP contribution in [0.25, 0.3) is 0 Å². The van der Waals surface area contributed by atoms with E-state index in [2.05, 4.69) is 10.6 Å². The van der Waals surface area contributed by atoms with Crippen LogP contribution in [0.1, 0.15) is 19.3 Å². The second kappa shape index (κ2) is 5.93. The summed E-state index contributed by atoms with van der Waals surface area (Å²) >= 11 is 0. The normalized spacial score (nSPS) is 31.7. The second-order valence-corrected chi connectivity index (χ2v) is 3.54. The summed E-state index contributed by atoms with van der Waals surface area (Å²) in [5.74, 6) is -0.236. The summed E-state index contributed by atoms with van der Waals surface area (Å²) in [6, 6.07) is 0. The van der Waals surface area contributed by atoms with Gasteiger partial charge in [0.2, 0.25) is 5.91 Å². The third-order valence-corrected chi connectivity index (χ3v) is 2.26. The molecule has 4 nitrogen and oxygen atoms in total. The van der Waals surface area contributed by atoms with E-state index in [1.165, 1.54) is 0 Å². The van der Waals surface area contributed by atoms with Gasteiger partial charge in [-0.1, -0.05) is 0 Å². The van der Waals surface area contributed by atoms with E-state index >= 15 is 0 Å². The number of nitrogens with one attached hydrogen (secondary N) is 2. The van der Waals surface area contributed by atoms with E-state index in [4.69, 9.17) is 5.11 Å². The number of hydrogen-bond donors (Lipinski definition) is 3. The Morgan fingerprint density at radius 2 is 2.14 bits per heavy atom. The first-order valence-electron chi connectivity index (χ1n) is 5.00. The van der Waals surface area contributed by atoms with E-state index in [0.29, 0.717) is 19.5 Å². The molecule has 2 atom stereocenters. The fourth-order valence-corrected chi connectivity index (χ4v) is 1.39. The highest BCUT2D eigenvalue weighted by atomic mass is 19.1. The number of aliphatic hydroxyl groups excluding tert-OH is 1. The van der Waals surface area contributed by atoms with Crippen LogP contribution < -0.4 is 10.6 Å². The molecule has 0 aromatic carbocycles. The summed E-state index contributed by atoms with van der Waals surface area (Å²) in [6.07, 6.45) is 1.02. The molecule has 0 aromatic rings. The second-order valence-electron chi connectivity index (χ2n) is 3.54. The highest BCUT2D eigenvalue weighted by Gasteiger charge is 2.19. The van der Waals surface area contributed by atoms with Gasteiger partial charge in [-0.05, 0) is 25.8 Å². The van der Waals surface area contributed by atoms with Gasteiger partial charge in [0.15, 0.2) is 0 Å². The average molecular weight is 204 g/mol. The molecule has 0 aromatic heterocycles. The van der Waals surface area contributed by atoms with Crippen molar-refractivity contribution in [1.82, 2.24) is 10.6 Å². The average Bonchev–Trinajstić information content (AvgIpc) is 2.53. The summed E-state index contributed by atoms with van der Waals surface area (Å²) in [4.78, 5) is 10.2. The van der Waals surface area contributed by atoms with Crippen molar-refractivity contribution in [3.8, 4) is 0 Å². The number of carbonyl (C=O) groups excluding carboxylic acids is 1. The molecule has 2 aliphatic heterocycles. The van der Waals surface area contributed by atoms with E-state index in [0.717, 1.165) is 19.4 Å². The minimum absolute atomic E-state index is 0.236. The zero-order chi connectivity index (χ0) is 10.4. The van der Waals surface area contributed by atoms with Crippen molar-refractivity contribution in [2.45, 2.75) is 31.5 Å². The first-order valence-corrected chi connectivity index (χ1v) is 5.00. The van der Waals surface area contributed by atoms with Crippen LogP contribution in [-0.4, -0.2) is 42.9 Å². The van der Waals surface area contributed by atoms with Crippen molar-refractivity contribution in [2.75, 3.05) is 19.6 Å². The van der Waals surface area contributed by atoms with Crippen LogP contribution in [0.15, 0.2) is 0 Å². The van der Waals surface area contributed by atoms with Crippen molar-refractivity contribution >= 4 is 5.91 Å². The first kappa shape index (κ1) is 11.4. The highest BCUT2D eigenvalue weighted by Crippen LogP contribution is 2.03. The number of carbonyl (C=O) groups is 1. The topological polar surface area (TPSA) is 61.4 Å². The molecule has 1 amide bonds. The predicted octanol–water partition coefficient (Wildman–Crippen LogP) is -0.425. The predicted molar refractivity (Wildman–Crippen MR) is 50.6 cm³/mol. The molecule has 0 saturated carbocycles. The van der Waals surface area contributed by atoms with Gasteiger partial charge in [-0.2, -0.15) is 0 Å². The molecule has 0 radical (unpaired) electrons. The standard InChI is InChI=1S/C5H10FN.C4H7NO2/c6-5-2-1-3-7-4-5;6-3-1-2-5-4(3)7/h5,7H,1-4H2;3,6H,1-2H2,(H,5,7). The van der Waals surface area contributed by atoms with Gasteiger partial charge in [0.1, 0.15) is 12.3 Å². The Morgan fingerprint density at radius 1 is 1.36 bits per heavy atom. The molecule has 0 bridgehead atoms. The molecule has 2 heterocycles.